The lowest BCUT2D eigenvalue weighted by atomic mass is 10.2. The van der Waals surface area contributed by atoms with Crippen LogP contribution in [0.5, 0.6) is 5.75 Å². The number of anilines is 1. The highest BCUT2D eigenvalue weighted by Gasteiger charge is 2.28. The molecule has 1 aliphatic rings. The monoisotopic (exact) mass is 406 g/mol. The van der Waals surface area contributed by atoms with E-state index in [2.05, 4.69) is 9.62 Å². The van der Waals surface area contributed by atoms with Crippen molar-refractivity contribution in [1.82, 2.24) is 13.3 Å². The molecule has 0 bridgehead atoms. The Kier molecular flexibility index (Phi) is 6.86. The first-order valence-corrected chi connectivity index (χ1v) is 11.3. The molecule has 1 N–H and O–H groups in total. The quantitative estimate of drug-likeness (QED) is 0.627. The van der Waals surface area contributed by atoms with E-state index in [0.29, 0.717) is 26.2 Å². The number of ether oxygens (including phenoxy) is 1. The fourth-order valence-electron chi connectivity index (χ4n) is 2.66. The lowest BCUT2D eigenvalue weighted by molar-refractivity contribution is 0.378. The molecule has 1 aromatic carbocycles. The van der Waals surface area contributed by atoms with Crippen molar-refractivity contribution < 1.29 is 21.6 Å². The number of hydrogen-bond acceptors (Lipinski definition) is 6. The molecule has 0 amide bonds. The fourth-order valence-corrected chi connectivity index (χ4v) is 4.74. The molecule has 0 aromatic heterocycles. The Bertz CT molecular complexity index is 803. The molecule has 1 aliphatic heterocycles. The summed E-state index contributed by atoms with van der Waals surface area (Å²) in [5.41, 5.74) is 0.936. The molecule has 1 heterocycles. The van der Waals surface area contributed by atoms with Crippen LogP contribution in [0.3, 0.4) is 0 Å². The van der Waals surface area contributed by atoms with Crippen LogP contribution < -0.4 is 14.4 Å². The summed E-state index contributed by atoms with van der Waals surface area (Å²) in [5.74, 6) is 0.483. The largest absolute Gasteiger partial charge is 0.495 e. The zero-order valence-electron chi connectivity index (χ0n) is 15.3. The Morgan fingerprint density at radius 3 is 2.27 bits per heavy atom. The van der Waals surface area contributed by atoms with Gasteiger partial charge in [0.15, 0.2) is 0 Å². The maximum atomic E-state index is 12.4. The molecule has 0 atom stereocenters. The van der Waals surface area contributed by atoms with Crippen LogP contribution >= 0.6 is 0 Å². The normalized spacial score (nSPS) is 16.8. The summed E-state index contributed by atoms with van der Waals surface area (Å²) in [6.07, 6.45) is 0. The van der Waals surface area contributed by atoms with Crippen LogP contribution in [0.2, 0.25) is 0 Å². The molecular formula is C15H26N4O5S2. The van der Waals surface area contributed by atoms with Gasteiger partial charge in [0.05, 0.1) is 18.6 Å². The predicted octanol–water partition coefficient (Wildman–Crippen LogP) is -0.457. The third kappa shape index (κ3) is 5.07. The van der Waals surface area contributed by atoms with Crippen LogP contribution in [-0.2, 0) is 20.2 Å². The summed E-state index contributed by atoms with van der Waals surface area (Å²) in [7, 11) is -2.78. The highest BCUT2D eigenvalue weighted by Crippen LogP contribution is 2.28. The van der Waals surface area contributed by atoms with Gasteiger partial charge < -0.3 is 9.64 Å². The number of piperazine rings is 1. The smallest absolute Gasteiger partial charge is 0.278 e. The van der Waals surface area contributed by atoms with E-state index in [1.807, 2.05) is 24.3 Å². The molecule has 0 saturated carbocycles. The Balaban J connectivity index is 1.92. The maximum absolute atomic E-state index is 12.4. The van der Waals surface area contributed by atoms with Gasteiger partial charge in [0.25, 0.3) is 10.2 Å². The molecule has 1 fully saturated rings. The summed E-state index contributed by atoms with van der Waals surface area (Å²) in [6, 6.07) is 7.62. The predicted molar refractivity (Wildman–Crippen MR) is 101 cm³/mol. The van der Waals surface area contributed by atoms with Crippen molar-refractivity contribution in [3.8, 4) is 5.75 Å². The van der Waals surface area contributed by atoms with Crippen molar-refractivity contribution >= 4 is 25.9 Å². The van der Waals surface area contributed by atoms with E-state index in [0.717, 1.165) is 15.7 Å². The van der Waals surface area contributed by atoms with Gasteiger partial charge in [-0.15, -0.1) is 0 Å². The number of para-hydroxylation sites is 2. The number of rotatable bonds is 8. The van der Waals surface area contributed by atoms with Gasteiger partial charge in [-0.25, -0.2) is 13.1 Å². The highest BCUT2D eigenvalue weighted by molar-refractivity contribution is 7.89. The highest BCUT2D eigenvalue weighted by atomic mass is 32.2. The Morgan fingerprint density at radius 2 is 1.69 bits per heavy atom. The molecule has 148 valence electrons. The summed E-state index contributed by atoms with van der Waals surface area (Å²) in [6.45, 7) is 1.63. The molecule has 26 heavy (non-hydrogen) atoms. The molecule has 9 nitrogen and oxygen atoms in total. The molecular weight excluding hydrogens is 380 g/mol. The van der Waals surface area contributed by atoms with E-state index in [-0.39, 0.29) is 12.3 Å². The van der Waals surface area contributed by atoms with Gasteiger partial charge >= 0.3 is 0 Å². The van der Waals surface area contributed by atoms with Gasteiger partial charge in [0.1, 0.15) is 5.75 Å². The van der Waals surface area contributed by atoms with Crippen LogP contribution in [0, 0.1) is 0 Å². The van der Waals surface area contributed by atoms with E-state index in [4.69, 9.17) is 4.74 Å². The van der Waals surface area contributed by atoms with Crippen LogP contribution in [-0.4, -0.2) is 85.1 Å². The minimum absolute atomic E-state index is 0.157. The van der Waals surface area contributed by atoms with E-state index in [1.165, 1.54) is 18.4 Å². The van der Waals surface area contributed by atoms with Crippen molar-refractivity contribution in [2.75, 3.05) is 64.6 Å². The van der Waals surface area contributed by atoms with Crippen molar-refractivity contribution in [1.29, 1.82) is 0 Å². The minimum Gasteiger partial charge on any atom is -0.495 e. The zero-order chi connectivity index (χ0) is 19.4. The Hall–Kier alpha value is -1.40. The fraction of sp³-hybridized carbons (Fsp3) is 0.600. The first kappa shape index (κ1) is 20.9. The van der Waals surface area contributed by atoms with Crippen molar-refractivity contribution in [3.63, 3.8) is 0 Å². The van der Waals surface area contributed by atoms with Gasteiger partial charge in [-0.1, -0.05) is 12.1 Å². The van der Waals surface area contributed by atoms with E-state index >= 15 is 0 Å². The standard InChI is InChI=1S/C15H26N4O5S2/c1-17(2)26(22,23)16-8-13-25(20,21)19-11-9-18(10-12-19)14-6-4-5-7-15(14)24-3/h4-7,16H,8-13H2,1-3H3. The van der Waals surface area contributed by atoms with Gasteiger partial charge in [0, 0.05) is 46.8 Å². The third-order valence-corrected chi connectivity index (χ3v) is 7.59. The van der Waals surface area contributed by atoms with Gasteiger partial charge in [0.2, 0.25) is 10.0 Å². The summed E-state index contributed by atoms with van der Waals surface area (Å²) in [5, 5.41) is 0. The average Bonchev–Trinajstić information content (AvgIpc) is 2.61. The molecule has 0 unspecified atom stereocenters. The van der Waals surface area contributed by atoms with E-state index in [9.17, 15) is 16.8 Å². The van der Waals surface area contributed by atoms with Crippen LogP contribution in [0.4, 0.5) is 5.69 Å². The first-order valence-electron chi connectivity index (χ1n) is 8.20. The second-order valence-corrected chi connectivity index (χ2v) is 10.1. The SMILES string of the molecule is COc1ccccc1N1CCN(S(=O)(=O)CCNS(=O)(=O)N(C)C)CC1. The van der Waals surface area contributed by atoms with E-state index < -0.39 is 20.2 Å². The summed E-state index contributed by atoms with van der Waals surface area (Å²) in [4.78, 5) is 2.08. The van der Waals surface area contributed by atoms with Gasteiger partial charge in [-0.3, -0.25) is 0 Å². The molecule has 0 radical (unpaired) electrons. The third-order valence-electron chi connectivity index (χ3n) is 4.18. The number of sulfonamides is 1. The number of benzene rings is 1. The lowest BCUT2D eigenvalue weighted by Gasteiger charge is -2.36. The van der Waals surface area contributed by atoms with Gasteiger partial charge in [-0.2, -0.15) is 17.0 Å². The number of nitrogens with zero attached hydrogens (tertiary/aromatic N) is 3. The van der Waals surface area contributed by atoms with Gasteiger partial charge in [-0.05, 0) is 12.1 Å². The molecule has 1 aromatic rings. The topological polar surface area (TPSA) is 99.3 Å². The molecule has 0 spiro atoms. The molecule has 0 aliphatic carbocycles. The number of nitrogens with one attached hydrogen (secondary N) is 1. The Morgan fingerprint density at radius 1 is 1.08 bits per heavy atom. The lowest BCUT2D eigenvalue weighted by Crippen LogP contribution is -2.50. The maximum Gasteiger partial charge on any atom is 0.278 e. The second kappa shape index (κ2) is 8.53. The van der Waals surface area contributed by atoms with Crippen LogP contribution in [0.1, 0.15) is 0 Å². The van der Waals surface area contributed by atoms with Crippen molar-refractivity contribution in [2.24, 2.45) is 0 Å². The number of hydrogen-bond donors (Lipinski definition) is 1. The van der Waals surface area contributed by atoms with Crippen LogP contribution in [0.25, 0.3) is 0 Å². The molecule has 2 rings (SSSR count). The average molecular weight is 407 g/mol. The first-order chi connectivity index (χ1) is 12.2. The zero-order valence-corrected chi connectivity index (χ0v) is 16.9. The molecule has 1 saturated heterocycles. The summed E-state index contributed by atoms with van der Waals surface area (Å²) >= 11 is 0. The van der Waals surface area contributed by atoms with Crippen LogP contribution in [0.15, 0.2) is 24.3 Å². The Labute approximate surface area is 155 Å². The summed E-state index contributed by atoms with van der Waals surface area (Å²) < 4.78 is 58.2. The van der Waals surface area contributed by atoms with E-state index in [1.54, 1.807) is 7.11 Å². The van der Waals surface area contributed by atoms with Crippen molar-refractivity contribution in [2.45, 2.75) is 0 Å². The van der Waals surface area contributed by atoms with Crippen molar-refractivity contribution in [3.05, 3.63) is 24.3 Å². The molecule has 11 heteroatoms. The minimum atomic E-state index is -3.63. The second-order valence-electron chi connectivity index (χ2n) is 6.06. The number of methoxy groups -OCH3 is 1.